The topological polar surface area (TPSA) is 15.3 Å². The van der Waals surface area contributed by atoms with Crippen LogP contribution in [0, 0.1) is 0 Å². The molecule has 2 aromatic carbocycles. The maximum absolute atomic E-state index is 3.74. The van der Waals surface area contributed by atoms with E-state index in [1.165, 1.54) is 11.1 Å². The number of benzene rings is 2. The first-order valence-corrected chi connectivity index (χ1v) is 8.06. The highest BCUT2D eigenvalue weighted by atomic mass is 79.9. The fourth-order valence-corrected chi connectivity index (χ4v) is 2.72. The Morgan fingerprint density at radius 3 is 2.14 bits per heavy atom. The predicted octanol–water partition coefficient (Wildman–Crippen LogP) is 4.40. The second-order valence-electron chi connectivity index (χ2n) is 5.67. The van der Waals surface area contributed by atoms with Crippen molar-refractivity contribution in [1.29, 1.82) is 0 Å². The van der Waals surface area contributed by atoms with Gasteiger partial charge in [0.1, 0.15) is 0 Å². The number of hydrogen-bond donors (Lipinski definition) is 1. The van der Waals surface area contributed by atoms with Gasteiger partial charge in [-0.05, 0) is 44.3 Å². The standard InChI is InChI=1S/C18H23BrN2/c1-14(15-9-11-17(19)12-10-15)20-18(13-21(2)3)16-7-5-4-6-8-16/h4-12,14,18,20H,13H2,1-3H3. The fraction of sp³-hybridized carbons (Fsp3) is 0.333. The quantitative estimate of drug-likeness (QED) is 0.833. The molecule has 2 nitrogen and oxygen atoms in total. The minimum absolute atomic E-state index is 0.309. The third-order valence-electron chi connectivity index (χ3n) is 3.57. The molecule has 0 fully saturated rings. The van der Waals surface area contributed by atoms with Crippen molar-refractivity contribution in [1.82, 2.24) is 10.2 Å². The number of nitrogens with one attached hydrogen (secondary N) is 1. The molecule has 112 valence electrons. The lowest BCUT2D eigenvalue weighted by Crippen LogP contribution is -2.32. The summed E-state index contributed by atoms with van der Waals surface area (Å²) >= 11 is 3.49. The Kier molecular flexibility index (Phi) is 5.97. The summed E-state index contributed by atoms with van der Waals surface area (Å²) in [6.45, 7) is 3.19. The second-order valence-corrected chi connectivity index (χ2v) is 6.58. The molecule has 0 aliphatic heterocycles. The van der Waals surface area contributed by atoms with E-state index in [1.54, 1.807) is 0 Å². The SMILES string of the molecule is CC(NC(CN(C)C)c1ccccc1)c1ccc(Br)cc1. The van der Waals surface area contributed by atoms with Gasteiger partial charge in [-0.15, -0.1) is 0 Å². The van der Waals surface area contributed by atoms with E-state index >= 15 is 0 Å². The molecule has 3 heteroatoms. The van der Waals surface area contributed by atoms with Gasteiger partial charge in [-0.1, -0.05) is 58.4 Å². The van der Waals surface area contributed by atoms with Crippen molar-refractivity contribution in [2.45, 2.75) is 19.0 Å². The van der Waals surface area contributed by atoms with Crippen LogP contribution in [-0.2, 0) is 0 Å². The van der Waals surface area contributed by atoms with Gasteiger partial charge in [0.15, 0.2) is 0 Å². The Morgan fingerprint density at radius 2 is 1.57 bits per heavy atom. The second kappa shape index (κ2) is 7.74. The Labute approximate surface area is 136 Å². The number of hydrogen-bond acceptors (Lipinski definition) is 2. The lowest BCUT2D eigenvalue weighted by molar-refractivity contribution is 0.325. The molecule has 0 aromatic heterocycles. The Morgan fingerprint density at radius 1 is 0.952 bits per heavy atom. The molecule has 0 aliphatic rings. The van der Waals surface area contributed by atoms with Crippen LogP contribution in [0.5, 0.6) is 0 Å². The molecule has 1 N–H and O–H groups in total. The van der Waals surface area contributed by atoms with Crippen LogP contribution in [0.3, 0.4) is 0 Å². The van der Waals surface area contributed by atoms with Crippen LogP contribution in [-0.4, -0.2) is 25.5 Å². The van der Waals surface area contributed by atoms with E-state index in [0.29, 0.717) is 12.1 Å². The van der Waals surface area contributed by atoms with Crippen molar-refractivity contribution in [2.75, 3.05) is 20.6 Å². The molecule has 0 radical (unpaired) electrons. The first-order chi connectivity index (χ1) is 10.1. The lowest BCUT2D eigenvalue weighted by Gasteiger charge is -2.27. The smallest absolute Gasteiger partial charge is 0.0453 e. The summed E-state index contributed by atoms with van der Waals surface area (Å²) in [7, 11) is 4.23. The first kappa shape index (κ1) is 16.2. The van der Waals surface area contributed by atoms with Gasteiger partial charge in [-0.25, -0.2) is 0 Å². The normalized spacial score (nSPS) is 14.1. The van der Waals surface area contributed by atoms with Gasteiger partial charge in [0.2, 0.25) is 0 Å². The van der Waals surface area contributed by atoms with Crippen LogP contribution in [0.25, 0.3) is 0 Å². The zero-order valence-corrected chi connectivity index (χ0v) is 14.5. The van der Waals surface area contributed by atoms with Crippen molar-refractivity contribution >= 4 is 15.9 Å². The maximum atomic E-state index is 3.74. The van der Waals surface area contributed by atoms with E-state index in [0.717, 1.165) is 11.0 Å². The van der Waals surface area contributed by atoms with Crippen LogP contribution in [0.1, 0.15) is 30.1 Å². The summed E-state index contributed by atoms with van der Waals surface area (Å²) in [5, 5.41) is 3.74. The molecular formula is C18H23BrN2. The zero-order valence-electron chi connectivity index (χ0n) is 12.9. The van der Waals surface area contributed by atoms with Crippen LogP contribution in [0.4, 0.5) is 0 Å². The van der Waals surface area contributed by atoms with Gasteiger partial charge in [0.05, 0.1) is 0 Å². The molecule has 0 saturated heterocycles. The highest BCUT2D eigenvalue weighted by Crippen LogP contribution is 2.21. The monoisotopic (exact) mass is 346 g/mol. The Bertz CT molecular complexity index is 537. The molecular weight excluding hydrogens is 324 g/mol. The number of halogens is 1. The summed E-state index contributed by atoms with van der Waals surface area (Å²) in [5.41, 5.74) is 2.63. The Balaban J connectivity index is 2.13. The van der Waals surface area contributed by atoms with Crippen molar-refractivity contribution in [3.05, 3.63) is 70.2 Å². The van der Waals surface area contributed by atoms with Gasteiger partial charge in [-0.3, -0.25) is 0 Å². The van der Waals surface area contributed by atoms with E-state index in [1.807, 2.05) is 0 Å². The molecule has 0 aliphatic carbocycles. The molecule has 0 bridgehead atoms. The van der Waals surface area contributed by atoms with Crippen LogP contribution >= 0.6 is 15.9 Å². The number of rotatable bonds is 6. The zero-order chi connectivity index (χ0) is 15.2. The predicted molar refractivity (Wildman–Crippen MR) is 93.4 cm³/mol. The van der Waals surface area contributed by atoms with Crippen LogP contribution < -0.4 is 5.32 Å². The third kappa shape index (κ3) is 4.95. The summed E-state index contributed by atoms with van der Waals surface area (Å²) in [5.74, 6) is 0. The van der Waals surface area contributed by atoms with Gasteiger partial charge in [0, 0.05) is 23.1 Å². The van der Waals surface area contributed by atoms with Gasteiger partial charge < -0.3 is 10.2 Å². The molecule has 2 rings (SSSR count). The van der Waals surface area contributed by atoms with Crippen molar-refractivity contribution in [2.24, 2.45) is 0 Å². The number of nitrogens with zero attached hydrogens (tertiary/aromatic N) is 1. The average molecular weight is 347 g/mol. The summed E-state index contributed by atoms with van der Waals surface area (Å²) in [6, 6.07) is 19.8. The van der Waals surface area contributed by atoms with E-state index in [2.05, 4.69) is 102 Å². The largest absolute Gasteiger partial charge is 0.308 e. The fourth-order valence-electron chi connectivity index (χ4n) is 2.45. The number of likely N-dealkylation sites (N-methyl/N-ethyl adjacent to an activating group) is 1. The molecule has 2 atom stereocenters. The molecule has 0 spiro atoms. The summed E-state index contributed by atoms with van der Waals surface area (Å²) < 4.78 is 1.12. The van der Waals surface area contributed by atoms with E-state index in [9.17, 15) is 0 Å². The third-order valence-corrected chi connectivity index (χ3v) is 4.10. The van der Waals surface area contributed by atoms with Gasteiger partial charge >= 0.3 is 0 Å². The summed E-state index contributed by atoms with van der Waals surface area (Å²) in [4.78, 5) is 2.22. The summed E-state index contributed by atoms with van der Waals surface area (Å²) in [6.07, 6.45) is 0. The molecule has 0 heterocycles. The van der Waals surface area contributed by atoms with E-state index in [4.69, 9.17) is 0 Å². The van der Waals surface area contributed by atoms with Crippen molar-refractivity contribution in [3.63, 3.8) is 0 Å². The lowest BCUT2D eigenvalue weighted by atomic mass is 10.0. The van der Waals surface area contributed by atoms with Gasteiger partial charge in [0.25, 0.3) is 0 Å². The van der Waals surface area contributed by atoms with E-state index in [-0.39, 0.29) is 0 Å². The molecule has 2 unspecified atom stereocenters. The first-order valence-electron chi connectivity index (χ1n) is 7.27. The van der Waals surface area contributed by atoms with Crippen molar-refractivity contribution in [3.8, 4) is 0 Å². The molecule has 0 amide bonds. The maximum Gasteiger partial charge on any atom is 0.0453 e. The van der Waals surface area contributed by atoms with Crippen LogP contribution in [0.2, 0.25) is 0 Å². The molecule has 21 heavy (non-hydrogen) atoms. The van der Waals surface area contributed by atoms with E-state index < -0.39 is 0 Å². The highest BCUT2D eigenvalue weighted by Gasteiger charge is 2.16. The molecule has 2 aromatic rings. The Hall–Kier alpha value is -1.16. The van der Waals surface area contributed by atoms with Crippen molar-refractivity contribution < 1.29 is 0 Å². The van der Waals surface area contributed by atoms with Crippen LogP contribution in [0.15, 0.2) is 59.1 Å². The minimum Gasteiger partial charge on any atom is -0.308 e. The van der Waals surface area contributed by atoms with Gasteiger partial charge in [-0.2, -0.15) is 0 Å². The average Bonchev–Trinajstić information content (AvgIpc) is 2.47. The minimum atomic E-state index is 0.309. The highest BCUT2D eigenvalue weighted by molar-refractivity contribution is 9.10. The molecule has 0 saturated carbocycles.